The van der Waals surface area contributed by atoms with Gasteiger partial charge in [0.15, 0.2) is 11.5 Å². The van der Waals surface area contributed by atoms with E-state index in [1.165, 1.54) is 97.2 Å². The Kier molecular flexibility index (Phi) is 16.1. The molecule has 336 valence electrons. The fourth-order valence-corrected chi connectivity index (χ4v) is 5.91. The molecule has 0 spiro atoms. The van der Waals surface area contributed by atoms with E-state index in [9.17, 15) is 28.8 Å². The summed E-state index contributed by atoms with van der Waals surface area (Å²) in [5.41, 5.74) is 1.69. The summed E-state index contributed by atoms with van der Waals surface area (Å²) in [5, 5.41) is 22.5. The normalized spacial score (nSPS) is 11.1. The van der Waals surface area contributed by atoms with Crippen molar-refractivity contribution >= 4 is 58.4 Å². The van der Waals surface area contributed by atoms with Crippen molar-refractivity contribution in [2.24, 2.45) is 0 Å². The number of amides is 5. The number of nitrogens with zero attached hydrogens (tertiary/aromatic N) is 2. The molecule has 0 aliphatic carbocycles. The molecule has 1 heterocycles. The van der Waals surface area contributed by atoms with Crippen molar-refractivity contribution in [3.63, 3.8) is 0 Å². The summed E-state index contributed by atoms with van der Waals surface area (Å²) in [7, 11) is 0. The molecule has 16 heteroatoms. The summed E-state index contributed by atoms with van der Waals surface area (Å²) in [6, 6.07) is 24.9. The van der Waals surface area contributed by atoms with E-state index in [1.807, 2.05) is 6.07 Å². The Morgan fingerprint density at radius 1 is 0.712 bits per heavy atom. The van der Waals surface area contributed by atoms with Crippen molar-refractivity contribution in [2.75, 3.05) is 27.9 Å². The Bertz CT molecular complexity index is 2690. The highest BCUT2D eigenvalue weighted by Crippen LogP contribution is 2.37. The van der Waals surface area contributed by atoms with Gasteiger partial charge in [-0.15, -0.1) is 12.3 Å². The van der Waals surface area contributed by atoms with Crippen LogP contribution in [-0.2, 0) is 9.53 Å². The first-order chi connectivity index (χ1) is 31.5. The molecule has 5 N–H and O–H groups in total. The van der Waals surface area contributed by atoms with Gasteiger partial charge in [0.1, 0.15) is 24.1 Å². The highest BCUT2D eigenvalue weighted by atomic mass is 16.6. The highest BCUT2D eigenvalue weighted by Gasteiger charge is 2.27. The van der Waals surface area contributed by atoms with Gasteiger partial charge in [0.2, 0.25) is 5.91 Å². The molecule has 66 heavy (non-hydrogen) atoms. The van der Waals surface area contributed by atoms with Crippen LogP contribution in [0.3, 0.4) is 0 Å². The van der Waals surface area contributed by atoms with Crippen LogP contribution in [0.4, 0.5) is 22.9 Å². The molecule has 0 fully saturated rings. The summed E-state index contributed by atoms with van der Waals surface area (Å²) in [4.78, 5) is 83.2. The molecule has 5 aromatic rings. The Morgan fingerprint density at radius 2 is 1.26 bits per heavy atom. The van der Waals surface area contributed by atoms with Crippen LogP contribution in [0.5, 0.6) is 11.5 Å². The lowest BCUT2D eigenvalue weighted by Crippen LogP contribution is -2.43. The van der Waals surface area contributed by atoms with Crippen LogP contribution in [0.2, 0.25) is 0 Å². The minimum atomic E-state index is -1.13. The van der Waals surface area contributed by atoms with Crippen molar-refractivity contribution < 1.29 is 43.0 Å². The van der Waals surface area contributed by atoms with Gasteiger partial charge < -0.3 is 40.8 Å². The van der Waals surface area contributed by atoms with Crippen LogP contribution >= 0.6 is 0 Å². The zero-order chi connectivity index (χ0) is 48.0. The fraction of sp³-hybridized carbons (Fsp3) is 0.200. The molecule has 0 unspecified atom stereocenters. The topological polar surface area (TPSA) is 227 Å². The zero-order valence-corrected chi connectivity index (χ0v) is 36.8. The number of esters is 1. The average Bonchev–Trinajstić information content (AvgIpc) is 3.28. The van der Waals surface area contributed by atoms with Crippen molar-refractivity contribution in [2.45, 2.75) is 58.8 Å². The van der Waals surface area contributed by atoms with Gasteiger partial charge in [0.25, 0.3) is 23.6 Å². The SMILES string of the molecule is C#CC[C@H](NC(=O)c1ccc(NC(=O)c2ccc(C#N)cc2)cc1)C(=O)Nc1ccc(NC(=O)c2ccc(C(=O)Nc3ccc(C(=O)OC(C)(C)C)cc3)c(OCC=C)c2OC(C)C)nc1. The third-order valence-electron chi connectivity index (χ3n) is 8.98. The predicted octanol–water partition coefficient (Wildman–Crippen LogP) is 7.78. The molecule has 0 saturated carbocycles. The van der Waals surface area contributed by atoms with Gasteiger partial charge in [0.05, 0.1) is 46.3 Å². The number of hydrogen-bond acceptors (Lipinski definition) is 11. The van der Waals surface area contributed by atoms with Crippen LogP contribution in [0.1, 0.15) is 98.4 Å². The lowest BCUT2D eigenvalue weighted by Gasteiger charge is -2.21. The third kappa shape index (κ3) is 13.4. The molecular weight excluding hydrogens is 843 g/mol. The molecule has 0 bridgehead atoms. The van der Waals surface area contributed by atoms with Gasteiger partial charge >= 0.3 is 5.97 Å². The van der Waals surface area contributed by atoms with E-state index in [4.69, 9.17) is 25.9 Å². The van der Waals surface area contributed by atoms with Gasteiger partial charge in [-0.3, -0.25) is 24.0 Å². The number of benzene rings is 4. The van der Waals surface area contributed by atoms with Gasteiger partial charge in [-0.05, 0) is 132 Å². The summed E-state index contributed by atoms with van der Waals surface area (Å²) in [6.45, 7) is 12.4. The number of rotatable bonds is 17. The van der Waals surface area contributed by atoms with Crippen LogP contribution in [-0.4, -0.2) is 64.8 Å². The monoisotopic (exact) mass is 889 g/mol. The van der Waals surface area contributed by atoms with Crippen LogP contribution in [0.15, 0.2) is 116 Å². The Morgan fingerprint density at radius 3 is 1.80 bits per heavy atom. The number of anilines is 4. The summed E-state index contributed by atoms with van der Waals surface area (Å²) < 4.78 is 17.4. The smallest absolute Gasteiger partial charge is 0.338 e. The summed E-state index contributed by atoms with van der Waals surface area (Å²) >= 11 is 0. The van der Waals surface area contributed by atoms with E-state index < -0.39 is 53.3 Å². The Balaban J connectivity index is 1.24. The molecule has 0 aliphatic heterocycles. The molecule has 16 nitrogen and oxygen atoms in total. The van der Waals surface area contributed by atoms with Crippen molar-refractivity contribution in [3.05, 3.63) is 149 Å². The molecule has 4 aromatic carbocycles. The second kappa shape index (κ2) is 22.0. The Labute approximate surface area is 381 Å². The third-order valence-corrected chi connectivity index (χ3v) is 8.98. The zero-order valence-electron chi connectivity index (χ0n) is 36.8. The number of nitrogens with one attached hydrogen (secondary N) is 5. The van der Waals surface area contributed by atoms with E-state index in [-0.39, 0.29) is 52.7 Å². The van der Waals surface area contributed by atoms with Crippen molar-refractivity contribution in [1.82, 2.24) is 10.3 Å². The van der Waals surface area contributed by atoms with Gasteiger partial charge in [0, 0.05) is 28.9 Å². The minimum Gasteiger partial charge on any atom is -0.486 e. The largest absolute Gasteiger partial charge is 0.486 e. The number of ether oxygens (including phenoxy) is 3. The maximum atomic E-state index is 13.8. The summed E-state index contributed by atoms with van der Waals surface area (Å²) in [5.74, 6) is -0.901. The lowest BCUT2D eigenvalue weighted by atomic mass is 10.1. The molecular formula is C50H47N7O9. The Hall–Kier alpha value is -8.76. The first-order valence-corrected chi connectivity index (χ1v) is 20.4. The van der Waals surface area contributed by atoms with Crippen molar-refractivity contribution in [1.29, 1.82) is 5.26 Å². The van der Waals surface area contributed by atoms with Crippen molar-refractivity contribution in [3.8, 4) is 29.9 Å². The predicted molar refractivity (Wildman–Crippen MR) is 249 cm³/mol. The molecule has 0 saturated heterocycles. The van der Waals surface area contributed by atoms with E-state index in [0.717, 1.165) is 0 Å². The average molecular weight is 890 g/mol. The highest BCUT2D eigenvalue weighted by molar-refractivity contribution is 6.11. The number of nitriles is 1. The lowest BCUT2D eigenvalue weighted by molar-refractivity contribution is -0.117. The standard InChI is InChI=1S/C50H47N7O9/c1-8-10-40(56-45(59)33-15-19-35(20-16-33)53-44(58)32-13-11-31(28-51)12-14-32)48(62)55-37-23-26-41(52-29-37)57-47(61)39-25-24-38(42(64-27-9-2)43(39)65-30(3)4)46(60)54-36-21-17-34(18-22-36)49(63)66-50(5,6)7/h1,9,11-26,29-30,40H,2,10,27H2,3-7H3,(H,53,58)(H,54,60)(H,55,62)(H,56,59)(H,52,57,61)/t40-/m0/s1. The van der Waals surface area contributed by atoms with Crippen LogP contribution in [0.25, 0.3) is 0 Å². The van der Waals surface area contributed by atoms with E-state index in [0.29, 0.717) is 28.1 Å². The van der Waals surface area contributed by atoms with Gasteiger partial charge in [-0.1, -0.05) is 12.7 Å². The first-order valence-electron chi connectivity index (χ1n) is 20.4. The number of terminal acetylenes is 1. The summed E-state index contributed by atoms with van der Waals surface area (Å²) in [6.07, 6.45) is 7.71. The second-order valence-electron chi connectivity index (χ2n) is 15.6. The number of hydrogen-bond donors (Lipinski definition) is 5. The van der Waals surface area contributed by atoms with E-state index in [2.05, 4.69) is 44.1 Å². The molecule has 5 amide bonds. The quantitative estimate of drug-likeness (QED) is 0.0344. The van der Waals surface area contributed by atoms with Gasteiger partial charge in [-0.2, -0.15) is 5.26 Å². The maximum Gasteiger partial charge on any atom is 0.338 e. The molecule has 5 rings (SSSR count). The molecule has 1 aromatic heterocycles. The molecule has 0 aliphatic rings. The van der Waals surface area contributed by atoms with E-state index in [1.54, 1.807) is 46.8 Å². The van der Waals surface area contributed by atoms with Gasteiger partial charge in [-0.25, -0.2) is 9.78 Å². The minimum absolute atomic E-state index is 0.00911. The maximum absolute atomic E-state index is 13.8. The number of pyridine rings is 1. The fourth-order valence-electron chi connectivity index (χ4n) is 5.91. The number of aromatic nitrogens is 1. The first kappa shape index (κ1) is 48.3. The van der Waals surface area contributed by atoms with Crippen LogP contribution in [0, 0.1) is 23.7 Å². The number of carbonyl (C=O) groups excluding carboxylic acids is 6. The number of carbonyl (C=O) groups is 6. The van der Waals surface area contributed by atoms with Crippen LogP contribution < -0.4 is 36.1 Å². The molecule has 1 atom stereocenters. The van der Waals surface area contributed by atoms with E-state index >= 15 is 0 Å². The molecule has 0 radical (unpaired) electrons. The second-order valence-corrected chi connectivity index (χ2v) is 15.6.